The van der Waals surface area contributed by atoms with Crippen LogP contribution in [0.3, 0.4) is 0 Å². The number of amides is 2. The van der Waals surface area contributed by atoms with E-state index in [1.807, 2.05) is 18.2 Å². The lowest BCUT2D eigenvalue weighted by Gasteiger charge is -2.35. The molecule has 0 radical (unpaired) electrons. The van der Waals surface area contributed by atoms with Crippen molar-refractivity contribution in [2.24, 2.45) is 0 Å². The Hall–Kier alpha value is -1.92. The molecule has 1 aromatic rings. The first-order chi connectivity index (χ1) is 9.65. The number of rotatable bonds is 1. The highest BCUT2D eigenvalue weighted by atomic mass is 16.2. The van der Waals surface area contributed by atoms with E-state index in [9.17, 15) is 9.59 Å². The Bertz CT molecular complexity index is 538. The molecule has 0 saturated carbocycles. The average Bonchev–Trinajstić information content (AvgIpc) is 2.46. The molecule has 106 valence electrons. The third-order valence-electron chi connectivity index (χ3n) is 3.68. The van der Waals surface area contributed by atoms with E-state index in [2.05, 4.69) is 22.9 Å². The van der Waals surface area contributed by atoms with E-state index in [-0.39, 0.29) is 24.4 Å². The quantitative estimate of drug-likeness (QED) is 0.670. The summed E-state index contributed by atoms with van der Waals surface area (Å²) in [7, 11) is 0. The minimum absolute atomic E-state index is 0.0632. The molecule has 2 heterocycles. The molecule has 2 atom stereocenters. The van der Waals surface area contributed by atoms with Crippen molar-refractivity contribution in [3.05, 3.63) is 24.3 Å². The fourth-order valence-electron chi connectivity index (χ4n) is 2.58. The first-order valence-corrected chi connectivity index (χ1v) is 6.82. The van der Waals surface area contributed by atoms with E-state index in [4.69, 9.17) is 0 Å². The molecule has 2 aliphatic rings. The summed E-state index contributed by atoms with van der Waals surface area (Å²) in [6, 6.07) is 7.44. The largest absolute Gasteiger partial charge is 0.323 e. The van der Waals surface area contributed by atoms with Gasteiger partial charge >= 0.3 is 0 Å². The van der Waals surface area contributed by atoms with E-state index in [0.717, 1.165) is 12.2 Å². The van der Waals surface area contributed by atoms with Crippen LogP contribution in [0.4, 0.5) is 11.4 Å². The maximum atomic E-state index is 12.6. The van der Waals surface area contributed by atoms with Crippen molar-refractivity contribution in [1.82, 2.24) is 10.6 Å². The van der Waals surface area contributed by atoms with Gasteiger partial charge in [0, 0.05) is 19.1 Å². The summed E-state index contributed by atoms with van der Waals surface area (Å²) in [5, 5.41) is 9.29. The molecule has 2 unspecified atom stereocenters. The highest BCUT2D eigenvalue weighted by Gasteiger charge is 2.32. The Morgan fingerprint density at radius 2 is 2.05 bits per heavy atom. The first kappa shape index (κ1) is 13.1. The molecule has 0 aliphatic carbocycles. The zero-order valence-electron chi connectivity index (χ0n) is 11.3. The third-order valence-corrected chi connectivity index (χ3v) is 3.68. The van der Waals surface area contributed by atoms with Crippen LogP contribution in [-0.2, 0) is 9.59 Å². The van der Waals surface area contributed by atoms with Gasteiger partial charge in [-0.15, -0.1) is 0 Å². The molecule has 2 aliphatic heterocycles. The third kappa shape index (κ3) is 2.39. The van der Waals surface area contributed by atoms with Crippen LogP contribution in [0.2, 0.25) is 0 Å². The number of anilines is 2. The van der Waals surface area contributed by atoms with Crippen LogP contribution >= 0.6 is 0 Å². The van der Waals surface area contributed by atoms with Gasteiger partial charge in [-0.05, 0) is 19.1 Å². The average molecular weight is 274 g/mol. The van der Waals surface area contributed by atoms with Gasteiger partial charge in [0.05, 0.1) is 17.4 Å². The van der Waals surface area contributed by atoms with E-state index in [1.165, 1.54) is 0 Å². The molecule has 6 heteroatoms. The molecule has 2 amide bonds. The second-order valence-corrected chi connectivity index (χ2v) is 5.26. The second-order valence-electron chi connectivity index (χ2n) is 5.26. The number of fused-ring (bicyclic) bond motifs is 1. The number of benzene rings is 1. The number of nitrogens with one attached hydrogen (secondary N) is 3. The number of carbonyl (C=O) groups is 2. The predicted octanol–water partition coefficient (Wildman–Crippen LogP) is -0.0784. The topological polar surface area (TPSA) is 73.5 Å². The van der Waals surface area contributed by atoms with Gasteiger partial charge < -0.3 is 16.0 Å². The molecule has 20 heavy (non-hydrogen) atoms. The van der Waals surface area contributed by atoms with Gasteiger partial charge in [-0.1, -0.05) is 12.1 Å². The van der Waals surface area contributed by atoms with Crippen molar-refractivity contribution in [2.75, 3.05) is 29.9 Å². The number of hydrogen-bond acceptors (Lipinski definition) is 4. The van der Waals surface area contributed by atoms with Crippen molar-refractivity contribution in [2.45, 2.75) is 19.0 Å². The Morgan fingerprint density at radius 3 is 2.80 bits per heavy atom. The van der Waals surface area contributed by atoms with Crippen LogP contribution in [0.5, 0.6) is 0 Å². The van der Waals surface area contributed by atoms with E-state index in [1.54, 1.807) is 11.0 Å². The van der Waals surface area contributed by atoms with Gasteiger partial charge in [-0.2, -0.15) is 0 Å². The van der Waals surface area contributed by atoms with Crippen molar-refractivity contribution in [3.63, 3.8) is 0 Å². The molecule has 0 aromatic heterocycles. The fraction of sp³-hybridized carbons (Fsp3) is 0.429. The Kier molecular flexibility index (Phi) is 3.42. The molecule has 1 fully saturated rings. The van der Waals surface area contributed by atoms with E-state index in [0.29, 0.717) is 18.3 Å². The number of hydrogen-bond donors (Lipinski definition) is 3. The molecule has 6 nitrogen and oxygen atoms in total. The Labute approximate surface area is 117 Å². The minimum atomic E-state index is -0.287. The summed E-state index contributed by atoms with van der Waals surface area (Å²) >= 11 is 0. The minimum Gasteiger partial charge on any atom is -0.323 e. The standard InChI is InChI=1S/C14H18N4O2/c1-9-6-16-11(7-15-9)14(20)18-8-13(19)17-10-4-2-3-5-12(10)18/h2-5,9,11,15-16H,6-8H2,1H3,(H,17,19). The van der Waals surface area contributed by atoms with Crippen molar-refractivity contribution >= 4 is 23.2 Å². The molecule has 1 aromatic carbocycles. The molecular formula is C14H18N4O2. The zero-order chi connectivity index (χ0) is 14.1. The van der Waals surface area contributed by atoms with Crippen LogP contribution in [0, 0.1) is 0 Å². The first-order valence-electron chi connectivity index (χ1n) is 6.82. The van der Waals surface area contributed by atoms with Gasteiger partial charge in [0.2, 0.25) is 11.8 Å². The number of para-hydroxylation sites is 2. The summed E-state index contributed by atoms with van der Waals surface area (Å²) in [4.78, 5) is 25.9. The molecule has 0 bridgehead atoms. The van der Waals surface area contributed by atoms with Gasteiger partial charge in [0.1, 0.15) is 6.54 Å². The molecule has 1 saturated heterocycles. The Morgan fingerprint density at radius 1 is 1.25 bits per heavy atom. The van der Waals surface area contributed by atoms with Gasteiger partial charge in [0.25, 0.3) is 0 Å². The smallest absolute Gasteiger partial charge is 0.245 e. The van der Waals surface area contributed by atoms with Gasteiger partial charge in [-0.3, -0.25) is 14.5 Å². The summed E-state index contributed by atoms with van der Waals surface area (Å²) in [6.07, 6.45) is 0. The lowest BCUT2D eigenvalue weighted by Crippen LogP contribution is -2.60. The van der Waals surface area contributed by atoms with Crippen LogP contribution in [-0.4, -0.2) is 43.5 Å². The van der Waals surface area contributed by atoms with Gasteiger partial charge in [0.15, 0.2) is 0 Å². The predicted molar refractivity (Wildman–Crippen MR) is 76.7 cm³/mol. The number of carbonyl (C=O) groups excluding carboxylic acids is 2. The summed E-state index contributed by atoms with van der Waals surface area (Å²) < 4.78 is 0. The monoisotopic (exact) mass is 274 g/mol. The van der Waals surface area contributed by atoms with Crippen LogP contribution in [0.1, 0.15) is 6.92 Å². The van der Waals surface area contributed by atoms with E-state index >= 15 is 0 Å². The van der Waals surface area contributed by atoms with Crippen molar-refractivity contribution < 1.29 is 9.59 Å². The Balaban J connectivity index is 1.83. The summed E-state index contributed by atoms with van der Waals surface area (Å²) in [6.45, 7) is 3.47. The second kappa shape index (κ2) is 5.22. The maximum Gasteiger partial charge on any atom is 0.245 e. The summed E-state index contributed by atoms with van der Waals surface area (Å²) in [5.41, 5.74) is 1.45. The SMILES string of the molecule is CC1CNC(C(=O)N2CC(=O)Nc3ccccc32)CN1. The van der Waals surface area contributed by atoms with Crippen LogP contribution in [0.15, 0.2) is 24.3 Å². The molecule has 0 spiro atoms. The van der Waals surface area contributed by atoms with Crippen molar-refractivity contribution in [1.29, 1.82) is 0 Å². The lowest BCUT2D eigenvalue weighted by molar-refractivity contribution is -0.123. The van der Waals surface area contributed by atoms with Crippen LogP contribution in [0.25, 0.3) is 0 Å². The molecular weight excluding hydrogens is 256 g/mol. The van der Waals surface area contributed by atoms with Crippen LogP contribution < -0.4 is 20.9 Å². The normalized spacial score (nSPS) is 25.9. The highest BCUT2D eigenvalue weighted by molar-refractivity contribution is 6.11. The number of nitrogens with zero attached hydrogens (tertiary/aromatic N) is 1. The zero-order valence-corrected chi connectivity index (χ0v) is 11.3. The van der Waals surface area contributed by atoms with E-state index < -0.39 is 0 Å². The molecule has 3 N–H and O–H groups in total. The lowest BCUT2D eigenvalue weighted by atomic mass is 10.1. The van der Waals surface area contributed by atoms with Crippen molar-refractivity contribution in [3.8, 4) is 0 Å². The maximum absolute atomic E-state index is 12.6. The fourth-order valence-corrected chi connectivity index (χ4v) is 2.58. The highest BCUT2D eigenvalue weighted by Crippen LogP contribution is 2.29. The summed E-state index contributed by atoms with van der Waals surface area (Å²) in [5.74, 6) is -0.221. The molecule has 3 rings (SSSR count). The van der Waals surface area contributed by atoms with Gasteiger partial charge in [-0.25, -0.2) is 0 Å². The number of piperazine rings is 1.